The summed E-state index contributed by atoms with van der Waals surface area (Å²) in [6.07, 6.45) is 6.22. The van der Waals surface area contributed by atoms with E-state index >= 15 is 0 Å². The number of piperazine rings is 1. The standard InChI is InChI=1S/C22H24N4O3/c27-22(26-9-7-25(8-10-26)13-16-2-1-11-28-16)17-12-18(14-3-4-14)23-21-19(17)20(24-29-21)15-5-6-15/h1-2,11-12,14-15H,3-10,13H2. The first-order valence-electron chi connectivity index (χ1n) is 10.6. The zero-order valence-corrected chi connectivity index (χ0v) is 16.3. The summed E-state index contributed by atoms with van der Waals surface area (Å²) >= 11 is 0. The highest BCUT2D eigenvalue weighted by Crippen LogP contribution is 2.45. The van der Waals surface area contributed by atoms with E-state index in [1.165, 1.54) is 0 Å². The molecule has 0 N–H and O–H groups in total. The van der Waals surface area contributed by atoms with Gasteiger partial charge in [0.05, 0.1) is 29.5 Å². The van der Waals surface area contributed by atoms with E-state index in [9.17, 15) is 4.79 Å². The highest BCUT2D eigenvalue weighted by molar-refractivity contribution is 6.06. The summed E-state index contributed by atoms with van der Waals surface area (Å²) in [6, 6.07) is 5.92. The van der Waals surface area contributed by atoms with Crippen LogP contribution in [0.15, 0.2) is 33.4 Å². The molecule has 1 aliphatic heterocycles. The highest BCUT2D eigenvalue weighted by atomic mass is 16.5. The van der Waals surface area contributed by atoms with E-state index in [1.807, 2.05) is 23.1 Å². The lowest BCUT2D eigenvalue weighted by Crippen LogP contribution is -2.48. The lowest BCUT2D eigenvalue weighted by Gasteiger charge is -2.34. The molecular weight excluding hydrogens is 368 g/mol. The maximum atomic E-state index is 13.5. The number of hydrogen-bond acceptors (Lipinski definition) is 6. The van der Waals surface area contributed by atoms with Crippen LogP contribution in [-0.4, -0.2) is 52.0 Å². The molecule has 7 heteroatoms. The predicted octanol–water partition coefficient (Wildman–Crippen LogP) is 3.53. The average molecular weight is 392 g/mol. The Bertz CT molecular complexity index is 1040. The van der Waals surface area contributed by atoms with E-state index in [2.05, 4.69) is 10.1 Å². The molecule has 0 radical (unpaired) electrons. The average Bonchev–Trinajstić information content (AvgIpc) is 3.68. The largest absolute Gasteiger partial charge is 0.468 e. The van der Waals surface area contributed by atoms with Gasteiger partial charge in [0.1, 0.15) is 5.76 Å². The van der Waals surface area contributed by atoms with Crippen LogP contribution in [0.3, 0.4) is 0 Å². The maximum absolute atomic E-state index is 13.5. The minimum absolute atomic E-state index is 0.0852. The third-order valence-corrected chi connectivity index (χ3v) is 6.30. The maximum Gasteiger partial charge on any atom is 0.259 e. The van der Waals surface area contributed by atoms with E-state index in [-0.39, 0.29) is 5.91 Å². The number of pyridine rings is 1. The Morgan fingerprint density at radius 2 is 1.90 bits per heavy atom. The number of nitrogens with zero attached hydrogens (tertiary/aromatic N) is 4. The molecule has 1 amide bonds. The van der Waals surface area contributed by atoms with Gasteiger partial charge in [-0.2, -0.15) is 0 Å². The summed E-state index contributed by atoms with van der Waals surface area (Å²) in [5, 5.41) is 5.14. The van der Waals surface area contributed by atoms with Crippen molar-refractivity contribution in [2.24, 2.45) is 0 Å². The Kier molecular flexibility index (Phi) is 3.97. The fourth-order valence-electron chi connectivity index (χ4n) is 4.29. The van der Waals surface area contributed by atoms with Crippen molar-refractivity contribution in [3.63, 3.8) is 0 Å². The van der Waals surface area contributed by atoms with Crippen molar-refractivity contribution in [1.29, 1.82) is 0 Å². The van der Waals surface area contributed by atoms with E-state index in [1.54, 1.807) is 6.26 Å². The SMILES string of the molecule is O=C(c1cc(C2CC2)nc2onc(C3CC3)c12)N1CCN(Cc2ccco2)CC1. The van der Waals surface area contributed by atoms with Crippen LogP contribution in [0.5, 0.6) is 0 Å². The number of fused-ring (bicyclic) bond motifs is 1. The normalized spacial score (nSPS) is 20.5. The highest BCUT2D eigenvalue weighted by Gasteiger charge is 2.35. The second kappa shape index (κ2) is 6.69. The van der Waals surface area contributed by atoms with Gasteiger partial charge in [-0.05, 0) is 43.9 Å². The smallest absolute Gasteiger partial charge is 0.259 e. The molecule has 3 aromatic heterocycles. The van der Waals surface area contributed by atoms with Crippen LogP contribution >= 0.6 is 0 Å². The second-order valence-corrected chi connectivity index (χ2v) is 8.54. The molecule has 6 rings (SSSR count). The van der Waals surface area contributed by atoms with Crippen LogP contribution in [0.2, 0.25) is 0 Å². The summed E-state index contributed by atoms with van der Waals surface area (Å²) in [4.78, 5) is 22.5. The Labute approximate surface area is 168 Å². The molecule has 1 saturated heterocycles. The molecule has 0 spiro atoms. The van der Waals surface area contributed by atoms with Crippen LogP contribution < -0.4 is 0 Å². The third kappa shape index (κ3) is 3.23. The van der Waals surface area contributed by atoms with Crippen LogP contribution in [0.25, 0.3) is 11.1 Å². The number of amides is 1. The van der Waals surface area contributed by atoms with E-state index in [4.69, 9.17) is 13.9 Å². The number of rotatable bonds is 5. The number of carbonyl (C=O) groups is 1. The van der Waals surface area contributed by atoms with Crippen molar-refractivity contribution in [3.05, 3.63) is 47.2 Å². The van der Waals surface area contributed by atoms with E-state index in [0.717, 1.165) is 73.4 Å². The first-order chi connectivity index (χ1) is 14.3. The van der Waals surface area contributed by atoms with Crippen molar-refractivity contribution in [2.45, 2.75) is 44.1 Å². The van der Waals surface area contributed by atoms with Crippen LogP contribution in [-0.2, 0) is 6.54 Å². The first-order valence-corrected chi connectivity index (χ1v) is 10.6. The van der Waals surface area contributed by atoms with Gasteiger partial charge in [0.2, 0.25) is 0 Å². The molecule has 29 heavy (non-hydrogen) atoms. The molecule has 4 heterocycles. The van der Waals surface area contributed by atoms with Crippen LogP contribution in [0.4, 0.5) is 0 Å². The summed E-state index contributed by atoms with van der Waals surface area (Å²) in [7, 11) is 0. The monoisotopic (exact) mass is 392 g/mol. The molecule has 0 bridgehead atoms. The lowest BCUT2D eigenvalue weighted by molar-refractivity contribution is 0.0622. The molecule has 2 saturated carbocycles. The molecule has 0 atom stereocenters. The van der Waals surface area contributed by atoms with Crippen molar-refractivity contribution in [3.8, 4) is 0 Å². The van der Waals surface area contributed by atoms with E-state index in [0.29, 0.717) is 30.6 Å². The minimum atomic E-state index is 0.0852. The molecule has 150 valence electrons. The van der Waals surface area contributed by atoms with Gasteiger partial charge in [-0.25, -0.2) is 4.98 Å². The van der Waals surface area contributed by atoms with Gasteiger partial charge >= 0.3 is 0 Å². The van der Waals surface area contributed by atoms with Gasteiger partial charge in [-0.3, -0.25) is 9.69 Å². The van der Waals surface area contributed by atoms with Crippen LogP contribution in [0, 0.1) is 0 Å². The zero-order valence-electron chi connectivity index (χ0n) is 16.3. The molecule has 3 aromatic rings. The van der Waals surface area contributed by atoms with Crippen molar-refractivity contribution < 1.29 is 13.7 Å². The van der Waals surface area contributed by atoms with Gasteiger partial charge in [-0.1, -0.05) is 5.16 Å². The molecule has 0 unspecified atom stereocenters. The van der Waals surface area contributed by atoms with Gasteiger partial charge in [-0.15, -0.1) is 0 Å². The molecule has 3 fully saturated rings. The Morgan fingerprint density at radius 1 is 1.10 bits per heavy atom. The lowest BCUT2D eigenvalue weighted by atomic mass is 10.0. The summed E-state index contributed by atoms with van der Waals surface area (Å²) in [6.45, 7) is 3.90. The number of furan rings is 1. The van der Waals surface area contributed by atoms with Gasteiger partial charge in [0.15, 0.2) is 0 Å². The zero-order chi connectivity index (χ0) is 19.4. The minimum Gasteiger partial charge on any atom is -0.468 e. The molecule has 7 nitrogen and oxygen atoms in total. The third-order valence-electron chi connectivity index (χ3n) is 6.30. The fourth-order valence-corrected chi connectivity index (χ4v) is 4.29. The Morgan fingerprint density at radius 3 is 2.59 bits per heavy atom. The summed E-state index contributed by atoms with van der Waals surface area (Å²) in [5.74, 6) is 1.93. The summed E-state index contributed by atoms with van der Waals surface area (Å²) < 4.78 is 11.0. The second-order valence-electron chi connectivity index (χ2n) is 8.54. The van der Waals surface area contributed by atoms with Gasteiger partial charge < -0.3 is 13.8 Å². The Hall–Kier alpha value is -2.67. The van der Waals surface area contributed by atoms with Gasteiger partial charge in [0.25, 0.3) is 11.6 Å². The van der Waals surface area contributed by atoms with Crippen molar-refractivity contribution in [1.82, 2.24) is 19.9 Å². The molecule has 3 aliphatic rings. The molecule has 0 aromatic carbocycles. The predicted molar refractivity (Wildman–Crippen MR) is 106 cm³/mol. The molecule has 2 aliphatic carbocycles. The topological polar surface area (TPSA) is 75.6 Å². The summed E-state index contributed by atoms with van der Waals surface area (Å²) in [5.41, 5.74) is 3.18. The van der Waals surface area contributed by atoms with E-state index < -0.39 is 0 Å². The first kappa shape index (κ1) is 17.2. The Balaban J connectivity index is 1.26. The van der Waals surface area contributed by atoms with Crippen molar-refractivity contribution in [2.75, 3.05) is 26.2 Å². The van der Waals surface area contributed by atoms with Crippen LogP contribution in [0.1, 0.15) is 65.0 Å². The molecular formula is C22H24N4O3. The number of carbonyl (C=O) groups excluding carboxylic acids is 1. The number of aromatic nitrogens is 2. The number of hydrogen-bond donors (Lipinski definition) is 0. The fraction of sp³-hybridized carbons (Fsp3) is 0.500. The van der Waals surface area contributed by atoms with Gasteiger partial charge in [0, 0.05) is 43.7 Å². The van der Waals surface area contributed by atoms with Crippen molar-refractivity contribution >= 4 is 17.0 Å². The quantitative estimate of drug-likeness (QED) is 0.661.